The van der Waals surface area contributed by atoms with E-state index in [0.717, 1.165) is 25.6 Å². The zero-order valence-corrected chi connectivity index (χ0v) is 13.3. The Morgan fingerprint density at radius 2 is 1.85 bits per heavy atom. The summed E-state index contributed by atoms with van der Waals surface area (Å²) in [6, 6.07) is 0.446. The molecular weight excluding hydrogens is 254 g/mol. The van der Waals surface area contributed by atoms with Crippen LogP contribution in [0.5, 0.6) is 0 Å². The molecule has 1 amide bonds. The molecule has 20 heavy (non-hydrogen) atoms. The van der Waals surface area contributed by atoms with Crippen molar-refractivity contribution in [3.8, 4) is 0 Å². The van der Waals surface area contributed by atoms with Crippen LogP contribution in [0, 0.1) is 5.92 Å². The van der Waals surface area contributed by atoms with Crippen molar-refractivity contribution in [2.75, 3.05) is 39.8 Å². The number of hydrogen-bond acceptors (Lipinski definition) is 4. The van der Waals surface area contributed by atoms with Gasteiger partial charge in [-0.2, -0.15) is 0 Å². The number of ether oxygens (including phenoxy) is 1. The van der Waals surface area contributed by atoms with Crippen LogP contribution in [0.2, 0.25) is 0 Å². The molecule has 0 unspecified atom stereocenters. The lowest BCUT2D eigenvalue weighted by Crippen LogP contribution is -2.61. The van der Waals surface area contributed by atoms with E-state index in [1.54, 1.807) is 4.90 Å². The van der Waals surface area contributed by atoms with Gasteiger partial charge < -0.3 is 19.9 Å². The maximum absolute atomic E-state index is 11.8. The maximum Gasteiger partial charge on any atom is 0.410 e. The summed E-state index contributed by atoms with van der Waals surface area (Å²) in [5.41, 5.74) is -0.399. The van der Waals surface area contributed by atoms with Crippen molar-refractivity contribution in [1.82, 2.24) is 15.1 Å². The number of nitrogens with one attached hydrogen (secondary N) is 1. The van der Waals surface area contributed by atoms with Crippen LogP contribution in [0.4, 0.5) is 4.79 Å². The minimum absolute atomic E-state index is 0.185. The van der Waals surface area contributed by atoms with Gasteiger partial charge in [-0.3, -0.25) is 0 Å². The Hall–Kier alpha value is -0.810. The summed E-state index contributed by atoms with van der Waals surface area (Å²) in [6.07, 6.45) is 2.38. The van der Waals surface area contributed by atoms with E-state index >= 15 is 0 Å². The number of likely N-dealkylation sites (tertiary alicyclic amines) is 2. The Bertz CT molecular complexity index is 327. The molecule has 0 radical (unpaired) electrons. The molecule has 0 atom stereocenters. The van der Waals surface area contributed by atoms with Gasteiger partial charge >= 0.3 is 6.09 Å². The van der Waals surface area contributed by atoms with Crippen LogP contribution >= 0.6 is 0 Å². The molecule has 0 spiro atoms. The average molecular weight is 283 g/mol. The predicted molar refractivity (Wildman–Crippen MR) is 79.8 cm³/mol. The van der Waals surface area contributed by atoms with Crippen molar-refractivity contribution in [2.24, 2.45) is 5.92 Å². The Balaban J connectivity index is 1.59. The molecule has 0 aromatic carbocycles. The summed E-state index contributed by atoms with van der Waals surface area (Å²) in [7, 11) is 2.19. The largest absolute Gasteiger partial charge is 0.444 e. The number of carbonyl (C=O) groups is 1. The number of amides is 1. The van der Waals surface area contributed by atoms with Gasteiger partial charge in [0.25, 0.3) is 0 Å². The fourth-order valence-corrected chi connectivity index (χ4v) is 2.68. The van der Waals surface area contributed by atoms with Gasteiger partial charge in [0.15, 0.2) is 0 Å². The van der Waals surface area contributed by atoms with Gasteiger partial charge in [-0.1, -0.05) is 0 Å². The molecule has 2 saturated heterocycles. The second-order valence-electron chi connectivity index (χ2n) is 7.24. The van der Waals surface area contributed by atoms with E-state index in [1.165, 1.54) is 25.9 Å². The number of hydrogen-bond donors (Lipinski definition) is 1. The van der Waals surface area contributed by atoms with E-state index in [1.807, 2.05) is 20.8 Å². The third-order valence-corrected chi connectivity index (χ3v) is 4.07. The van der Waals surface area contributed by atoms with E-state index in [0.29, 0.717) is 6.04 Å². The first-order valence-electron chi connectivity index (χ1n) is 7.73. The second kappa shape index (κ2) is 6.31. The lowest BCUT2D eigenvalue weighted by molar-refractivity contribution is 0.00476. The fourth-order valence-electron chi connectivity index (χ4n) is 2.68. The lowest BCUT2D eigenvalue weighted by Gasteiger charge is -2.41. The Morgan fingerprint density at radius 3 is 2.40 bits per heavy atom. The molecule has 0 aromatic heterocycles. The third-order valence-electron chi connectivity index (χ3n) is 4.07. The van der Waals surface area contributed by atoms with Crippen LogP contribution in [0.1, 0.15) is 33.6 Å². The molecule has 0 aromatic rings. The van der Waals surface area contributed by atoms with Crippen molar-refractivity contribution in [2.45, 2.75) is 45.3 Å². The molecular formula is C15H29N3O2. The van der Waals surface area contributed by atoms with Crippen molar-refractivity contribution >= 4 is 6.09 Å². The van der Waals surface area contributed by atoms with Crippen LogP contribution in [0.15, 0.2) is 0 Å². The molecule has 2 heterocycles. The summed E-state index contributed by atoms with van der Waals surface area (Å²) in [6.45, 7) is 10.8. The van der Waals surface area contributed by atoms with Gasteiger partial charge in [0, 0.05) is 19.1 Å². The highest BCUT2D eigenvalue weighted by Crippen LogP contribution is 2.18. The number of nitrogens with zero attached hydrogens (tertiary/aromatic N) is 2. The van der Waals surface area contributed by atoms with Crippen molar-refractivity contribution in [1.29, 1.82) is 0 Å². The van der Waals surface area contributed by atoms with Gasteiger partial charge in [0.05, 0.1) is 0 Å². The molecule has 0 bridgehead atoms. The van der Waals surface area contributed by atoms with Gasteiger partial charge in [-0.15, -0.1) is 0 Å². The van der Waals surface area contributed by atoms with Crippen molar-refractivity contribution in [3.63, 3.8) is 0 Å². The van der Waals surface area contributed by atoms with Gasteiger partial charge in [0.1, 0.15) is 5.60 Å². The first-order valence-corrected chi connectivity index (χ1v) is 7.73. The first-order chi connectivity index (χ1) is 9.33. The second-order valence-corrected chi connectivity index (χ2v) is 7.24. The Labute approximate surface area is 122 Å². The molecule has 116 valence electrons. The zero-order chi connectivity index (χ0) is 14.8. The van der Waals surface area contributed by atoms with E-state index < -0.39 is 5.60 Å². The molecule has 2 aliphatic rings. The van der Waals surface area contributed by atoms with Crippen LogP contribution in [-0.4, -0.2) is 67.3 Å². The first kappa shape index (κ1) is 15.6. The Kier molecular flexibility index (Phi) is 4.91. The van der Waals surface area contributed by atoms with Gasteiger partial charge in [0.2, 0.25) is 0 Å². The SMILES string of the molecule is CN1CCC(CNC2CN(C(=O)OC(C)(C)C)C2)CC1. The molecule has 5 heteroatoms. The molecule has 5 nitrogen and oxygen atoms in total. The number of piperidine rings is 1. The van der Waals surface area contributed by atoms with Gasteiger partial charge in [-0.25, -0.2) is 4.79 Å². The average Bonchev–Trinajstić information content (AvgIpc) is 2.27. The summed E-state index contributed by atoms with van der Waals surface area (Å²) >= 11 is 0. The molecule has 2 fully saturated rings. The van der Waals surface area contributed by atoms with E-state index in [-0.39, 0.29) is 6.09 Å². The standard InChI is InChI=1S/C15H29N3O2/c1-15(2,3)20-14(19)18-10-13(11-18)16-9-12-5-7-17(4)8-6-12/h12-13,16H,5-11H2,1-4H3. The third kappa shape index (κ3) is 4.63. The molecule has 2 aliphatic heterocycles. The highest BCUT2D eigenvalue weighted by Gasteiger charge is 2.33. The Morgan fingerprint density at radius 1 is 1.25 bits per heavy atom. The summed E-state index contributed by atoms with van der Waals surface area (Å²) in [5, 5.41) is 3.58. The molecule has 1 N–H and O–H groups in total. The minimum Gasteiger partial charge on any atom is -0.444 e. The molecule has 0 aliphatic carbocycles. The highest BCUT2D eigenvalue weighted by molar-refractivity contribution is 5.69. The maximum atomic E-state index is 11.8. The smallest absolute Gasteiger partial charge is 0.410 e. The normalized spacial score (nSPS) is 22.7. The topological polar surface area (TPSA) is 44.8 Å². The van der Waals surface area contributed by atoms with Crippen LogP contribution in [-0.2, 0) is 4.74 Å². The van der Waals surface area contributed by atoms with Gasteiger partial charge in [-0.05, 0) is 66.2 Å². The minimum atomic E-state index is -0.399. The van der Waals surface area contributed by atoms with Crippen LogP contribution in [0.25, 0.3) is 0 Å². The molecule has 2 rings (SSSR count). The van der Waals surface area contributed by atoms with E-state index in [9.17, 15) is 4.79 Å². The number of carbonyl (C=O) groups excluding carboxylic acids is 1. The van der Waals surface area contributed by atoms with E-state index in [4.69, 9.17) is 4.74 Å². The highest BCUT2D eigenvalue weighted by atomic mass is 16.6. The van der Waals surface area contributed by atoms with E-state index in [2.05, 4.69) is 17.3 Å². The predicted octanol–water partition coefficient (Wildman–Crippen LogP) is 1.54. The summed E-state index contributed by atoms with van der Waals surface area (Å²) < 4.78 is 5.35. The quantitative estimate of drug-likeness (QED) is 0.853. The monoisotopic (exact) mass is 283 g/mol. The van der Waals surface area contributed by atoms with Crippen LogP contribution in [0.3, 0.4) is 0 Å². The van der Waals surface area contributed by atoms with Crippen molar-refractivity contribution in [3.05, 3.63) is 0 Å². The van der Waals surface area contributed by atoms with Crippen molar-refractivity contribution < 1.29 is 9.53 Å². The zero-order valence-electron chi connectivity index (χ0n) is 13.3. The summed E-state index contributed by atoms with van der Waals surface area (Å²) in [4.78, 5) is 16.0. The molecule has 0 saturated carbocycles. The summed E-state index contributed by atoms with van der Waals surface area (Å²) in [5.74, 6) is 0.793. The number of rotatable bonds is 3. The lowest BCUT2D eigenvalue weighted by atomic mass is 9.96. The van der Waals surface area contributed by atoms with Crippen LogP contribution < -0.4 is 5.32 Å². The fraction of sp³-hybridized carbons (Fsp3) is 0.933.